The molecule has 0 amide bonds. The number of ether oxygens (including phenoxy) is 3. The van der Waals surface area contributed by atoms with Crippen LogP contribution in [0, 0.1) is 0 Å². The van der Waals surface area contributed by atoms with Gasteiger partial charge in [-0.25, -0.2) is 0 Å². The van der Waals surface area contributed by atoms with E-state index < -0.39 is 6.10 Å². The van der Waals surface area contributed by atoms with E-state index in [1.165, 1.54) is 51.4 Å². The molecule has 0 spiro atoms. The van der Waals surface area contributed by atoms with Gasteiger partial charge in [0.1, 0.15) is 13.2 Å². The summed E-state index contributed by atoms with van der Waals surface area (Å²) < 4.78 is 16.9. The van der Waals surface area contributed by atoms with Gasteiger partial charge in [0.2, 0.25) is 0 Å². The monoisotopic (exact) mass is 1090 g/mol. The zero-order chi connectivity index (χ0) is 57.1. The third-order valence-electron chi connectivity index (χ3n) is 12.7. The molecule has 0 aliphatic heterocycles. The van der Waals surface area contributed by atoms with Crippen LogP contribution in [-0.4, -0.2) is 37.2 Å². The molecule has 0 aliphatic carbocycles. The molecule has 6 heteroatoms. The summed E-state index contributed by atoms with van der Waals surface area (Å²) in [5.41, 5.74) is 0. The summed E-state index contributed by atoms with van der Waals surface area (Å²) in [7, 11) is 0. The molecule has 0 bridgehead atoms. The van der Waals surface area contributed by atoms with Crippen molar-refractivity contribution in [3.63, 3.8) is 0 Å². The number of rotatable bonds is 55. The SMILES string of the molecule is CC/C=C\C/C=C\C/C=C\C/C=C\C/C=C\C/C=C\C/C=C\CCCCCC(=O)OCC(COC(=O)CCCCC/C=C\C/C=C\C/C=C\CC)OC(=O)CCCCCCCCCCCC/C=C\C/C=C\C/C=C\C/C=C\CC. The molecule has 6 nitrogen and oxygen atoms in total. The molecule has 0 aromatic carbocycles. The van der Waals surface area contributed by atoms with Crippen LogP contribution in [0.2, 0.25) is 0 Å². The lowest BCUT2D eigenvalue weighted by molar-refractivity contribution is -0.167. The number of allylic oxidation sites excluding steroid dienone is 28. The smallest absolute Gasteiger partial charge is 0.306 e. The van der Waals surface area contributed by atoms with Crippen LogP contribution in [0.5, 0.6) is 0 Å². The first kappa shape index (κ1) is 73.8. The fourth-order valence-corrected chi connectivity index (χ4v) is 8.07. The molecule has 0 aromatic rings. The molecular formula is C73H114O6. The van der Waals surface area contributed by atoms with E-state index in [0.29, 0.717) is 19.3 Å². The van der Waals surface area contributed by atoms with Gasteiger partial charge in [-0.05, 0) is 148 Å². The lowest BCUT2D eigenvalue weighted by Gasteiger charge is -2.18. The van der Waals surface area contributed by atoms with Gasteiger partial charge in [-0.2, -0.15) is 0 Å². The highest BCUT2D eigenvalue weighted by Gasteiger charge is 2.19. The lowest BCUT2D eigenvalue weighted by Crippen LogP contribution is -2.30. The van der Waals surface area contributed by atoms with Crippen LogP contribution in [0.1, 0.15) is 252 Å². The summed E-state index contributed by atoms with van der Waals surface area (Å²) in [6, 6.07) is 0. The normalized spacial score (nSPS) is 13.3. The van der Waals surface area contributed by atoms with Crippen molar-refractivity contribution in [2.45, 2.75) is 258 Å². The second kappa shape index (κ2) is 65.3. The second-order valence-corrected chi connectivity index (χ2v) is 20.2. The van der Waals surface area contributed by atoms with Crippen LogP contribution in [0.25, 0.3) is 0 Å². The van der Waals surface area contributed by atoms with E-state index in [1.807, 2.05) is 0 Å². The third-order valence-corrected chi connectivity index (χ3v) is 12.7. The fourth-order valence-electron chi connectivity index (χ4n) is 8.07. The van der Waals surface area contributed by atoms with Gasteiger partial charge in [0.05, 0.1) is 0 Å². The Morgan fingerprint density at radius 2 is 0.456 bits per heavy atom. The molecule has 0 N–H and O–H groups in total. The minimum Gasteiger partial charge on any atom is -0.462 e. The summed E-state index contributed by atoms with van der Waals surface area (Å²) in [6.07, 6.45) is 96.4. The first-order chi connectivity index (χ1) is 39.0. The van der Waals surface area contributed by atoms with E-state index in [-0.39, 0.29) is 31.1 Å². The van der Waals surface area contributed by atoms with Gasteiger partial charge in [0.15, 0.2) is 6.10 Å². The van der Waals surface area contributed by atoms with Crippen molar-refractivity contribution in [3.8, 4) is 0 Å². The van der Waals surface area contributed by atoms with Gasteiger partial charge in [-0.1, -0.05) is 255 Å². The Labute approximate surface area is 485 Å². The van der Waals surface area contributed by atoms with Crippen molar-refractivity contribution in [1.29, 1.82) is 0 Å². The Morgan fingerprint density at radius 3 is 0.722 bits per heavy atom. The Balaban J connectivity index is 4.47. The van der Waals surface area contributed by atoms with Gasteiger partial charge in [-0.15, -0.1) is 0 Å². The van der Waals surface area contributed by atoms with E-state index in [1.54, 1.807) is 0 Å². The maximum Gasteiger partial charge on any atom is 0.306 e. The highest BCUT2D eigenvalue weighted by molar-refractivity contribution is 5.71. The molecule has 0 heterocycles. The summed E-state index contributed by atoms with van der Waals surface area (Å²) in [6.45, 7) is 6.23. The fraction of sp³-hybridized carbons (Fsp3) is 0.575. The van der Waals surface area contributed by atoms with Crippen molar-refractivity contribution in [3.05, 3.63) is 170 Å². The number of esters is 3. The summed E-state index contributed by atoms with van der Waals surface area (Å²) >= 11 is 0. The topological polar surface area (TPSA) is 78.9 Å². The first-order valence-electron chi connectivity index (χ1n) is 31.6. The zero-order valence-electron chi connectivity index (χ0n) is 50.6. The van der Waals surface area contributed by atoms with Crippen LogP contribution in [0.4, 0.5) is 0 Å². The molecule has 79 heavy (non-hydrogen) atoms. The second-order valence-electron chi connectivity index (χ2n) is 20.2. The summed E-state index contributed by atoms with van der Waals surface area (Å²) in [5, 5.41) is 0. The van der Waals surface area contributed by atoms with Gasteiger partial charge < -0.3 is 14.2 Å². The predicted molar refractivity (Wildman–Crippen MR) is 343 cm³/mol. The molecule has 0 saturated heterocycles. The van der Waals surface area contributed by atoms with Gasteiger partial charge >= 0.3 is 17.9 Å². The minimum atomic E-state index is -0.817. The van der Waals surface area contributed by atoms with Crippen LogP contribution in [-0.2, 0) is 28.6 Å². The number of carbonyl (C=O) groups is 3. The van der Waals surface area contributed by atoms with E-state index in [9.17, 15) is 14.4 Å². The van der Waals surface area contributed by atoms with Crippen molar-refractivity contribution in [1.82, 2.24) is 0 Å². The van der Waals surface area contributed by atoms with Crippen LogP contribution < -0.4 is 0 Å². The molecule has 1 atom stereocenters. The Bertz CT molecular complexity index is 1820. The Hall–Kier alpha value is -5.23. The van der Waals surface area contributed by atoms with Crippen molar-refractivity contribution >= 4 is 17.9 Å². The molecule has 0 aromatic heterocycles. The Kier molecular flexibility index (Phi) is 61.0. The van der Waals surface area contributed by atoms with Gasteiger partial charge in [0.25, 0.3) is 0 Å². The van der Waals surface area contributed by atoms with Crippen LogP contribution in [0.3, 0.4) is 0 Å². The molecule has 0 aliphatic rings. The van der Waals surface area contributed by atoms with Crippen molar-refractivity contribution < 1.29 is 28.6 Å². The molecule has 0 saturated carbocycles. The third kappa shape index (κ3) is 63.5. The summed E-state index contributed by atoms with van der Waals surface area (Å²) in [5.74, 6) is -0.983. The highest BCUT2D eigenvalue weighted by Crippen LogP contribution is 2.14. The number of unbranched alkanes of at least 4 members (excludes halogenated alkanes) is 16. The first-order valence-corrected chi connectivity index (χ1v) is 31.6. The molecule has 0 rings (SSSR count). The molecule has 0 radical (unpaired) electrons. The maximum absolute atomic E-state index is 12.9. The zero-order valence-corrected chi connectivity index (χ0v) is 50.6. The average Bonchev–Trinajstić information content (AvgIpc) is 3.45. The molecule has 0 fully saturated rings. The van der Waals surface area contributed by atoms with Gasteiger partial charge in [0, 0.05) is 19.3 Å². The van der Waals surface area contributed by atoms with E-state index in [2.05, 4.69) is 191 Å². The highest BCUT2D eigenvalue weighted by atomic mass is 16.6. The minimum absolute atomic E-state index is 0.113. The standard InChI is InChI=1S/C73H114O6/c1-4-7-10-13-16-19-22-25-27-29-31-33-35-36-38-39-41-43-45-48-51-54-57-60-63-66-72(75)78-69-70(68-77-71(74)65-62-59-56-53-50-47-24-21-18-15-12-9-6-3)79-73(76)67-64-61-58-55-52-49-46-44-42-40-37-34-32-30-28-26-23-20-17-14-11-8-5-2/h7-12,16-21,25-28,31-34,36,38,41,43,47-48,50-51,70H,4-6,13-15,22-24,29-30,35,37,39-40,42,44-46,49,52-69H2,1-3H3/b10-7-,11-8-,12-9-,19-16-,20-17-,21-18-,27-25-,28-26-,33-31-,34-32-,38-36-,43-41-,50-47-,51-48-. The number of hydrogen-bond donors (Lipinski definition) is 0. The Morgan fingerprint density at radius 1 is 0.253 bits per heavy atom. The average molecular weight is 1090 g/mol. The number of carbonyl (C=O) groups excluding carboxylic acids is 3. The summed E-state index contributed by atoms with van der Waals surface area (Å²) in [4.78, 5) is 38.3. The van der Waals surface area contributed by atoms with Crippen LogP contribution >= 0.6 is 0 Å². The molecule has 442 valence electrons. The molecular weight excluding hydrogens is 973 g/mol. The van der Waals surface area contributed by atoms with E-state index >= 15 is 0 Å². The predicted octanol–water partition coefficient (Wildman–Crippen LogP) is 21.9. The van der Waals surface area contributed by atoms with Crippen molar-refractivity contribution in [2.75, 3.05) is 13.2 Å². The molecule has 1 unspecified atom stereocenters. The van der Waals surface area contributed by atoms with Crippen molar-refractivity contribution in [2.24, 2.45) is 0 Å². The largest absolute Gasteiger partial charge is 0.462 e. The van der Waals surface area contributed by atoms with E-state index in [4.69, 9.17) is 14.2 Å². The number of hydrogen-bond acceptors (Lipinski definition) is 6. The quantitative estimate of drug-likeness (QED) is 0.0261. The lowest BCUT2D eigenvalue weighted by atomic mass is 10.0. The maximum atomic E-state index is 12.9. The van der Waals surface area contributed by atoms with E-state index in [0.717, 1.165) is 161 Å². The van der Waals surface area contributed by atoms with Crippen LogP contribution in [0.15, 0.2) is 170 Å². The van der Waals surface area contributed by atoms with Gasteiger partial charge in [-0.3, -0.25) is 14.4 Å².